The van der Waals surface area contributed by atoms with Gasteiger partial charge in [0.1, 0.15) is 5.75 Å². The number of ether oxygens (including phenoxy) is 4. The van der Waals surface area contributed by atoms with Gasteiger partial charge in [0.2, 0.25) is 0 Å². The molecule has 1 atom stereocenters. The van der Waals surface area contributed by atoms with Gasteiger partial charge in [0.15, 0.2) is 17.6 Å². The first-order valence-corrected chi connectivity index (χ1v) is 9.76. The Morgan fingerprint density at radius 2 is 1.63 bits per heavy atom. The van der Waals surface area contributed by atoms with Gasteiger partial charge >= 0.3 is 5.97 Å². The fourth-order valence-electron chi connectivity index (χ4n) is 2.53. The summed E-state index contributed by atoms with van der Waals surface area (Å²) in [6.07, 6.45) is -0.946. The van der Waals surface area contributed by atoms with Crippen LogP contribution in [0.2, 0.25) is 0 Å². The number of esters is 1. The Morgan fingerprint density at radius 3 is 2.23 bits per heavy atom. The first-order valence-electron chi connectivity index (χ1n) is 9.76. The fourth-order valence-corrected chi connectivity index (χ4v) is 2.53. The summed E-state index contributed by atoms with van der Waals surface area (Å²) in [5.74, 6) is 1.08. The highest BCUT2D eigenvalue weighted by Crippen LogP contribution is 2.29. The number of carbonyl (C=O) groups is 2. The molecular formula is C23H29NO6. The molecule has 0 saturated carbocycles. The summed E-state index contributed by atoms with van der Waals surface area (Å²) >= 11 is 0. The van der Waals surface area contributed by atoms with Crippen LogP contribution >= 0.6 is 0 Å². The zero-order valence-corrected chi connectivity index (χ0v) is 18.1. The maximum Gasteiger partial charge on any atom is 0.339 e. The Bertz CT molecular complexity index is 847. The Morgan fingerprint density at radius 1 is 0.933 bits per heavy atom. The predicted octanol–water partition coefficient (Wildman–Crippen LogP) is 3.60. The Labute approximate surface area is 177 Å². The largest absolute Gasteiger partial charge is 0.497 e. The molecule has 0 spiro atoms. The molecule has 0 heterocycles. The van der Waals surface area contributed by atoms with Crippen molar-refractivity contribution in [1.29, 1.82) is 0 Å². The second-order valence-electron chi connectivity index (χ2n) is 7.18. The number of benzene rings is 2. The lowest BCUT2D eigenvalue weighted by atomic mass is 10.2. The summed E-state index contributed by atoms with van der Waals surface area (Å²) in [6, 6.07) is 12.1. The zero-order chi connectivity index (χ0) is 22.1. The smallest absolute Gasteiger partial charge is 0.339 e. The van der Waals surface area contributed by atoms with Crippen molar-refractivity contribution in [3.63, 3.8) is 0 Å². The highest BCUT2D eigenvalue weighted by Gasteiger charge is 2.20. The molecule has 7 nitrogen and oxygen atoms in total. The van der Waals surface area contributed by atoms with E-state index in [1.54, 1.807) is 25.3 Å². The van der Waals surface area contributed by atoms with Crippen LogP contribution in [-0.2, 0) is 16.1 Å². The molecule has 2 rings (SSSR count). The average Bonchev–Trinajstić information content (AvgIpc) is 2.75. The monoisotopic (exact) mass is 415 g/mol. The van der Waals surface area contributed by atoms with E-state index in [4.69, 9.17) is 18.9 Å². The van der Waals surface area contributed by atoms with Gasteiger partial charge in [0.05, 0.1) is 26.4 Å². The molecule has 0 bridgehead atoms. The first-order chi connectivity index (χ1) is 14.3. The predicted molar refractivity (Wildman–Crippen MR) is 113 cm³/mol. The van der Waals surface area contributed by atoms with E-state index in [2.05, 4.69) is 5.32 Å². The molecule has 0 aromatic heterocycles. The number of nitrogens with one attached hydrogen (secondary N) is 1. The molecular weight excluding hydrogens is 386 g/mol. The van der Waals surface area contributed by atoms with Crippen LogP contribution in [0.4, 0.5) is 0 Å². The standard InChI is InChI=1S/C23H29NO6/c1-15(2)14-29-20-11-8-18(12-21(20)28-5)23(26)30-16(3)22(25)24-13-17-6-9-19(27-4)10-7-17/h6-12,15-16H,13-14H2,1-5H3,(H,24,25)/t16-/m1/s1. The molecule has 0 radical (unpaired) electrons. The van der Waals surface area contributed by atoms with Crippen molar-refractivity contribution in [3.05, 3.63) is 53.6 Å². The first kappa shape index (κ1) is 23.1. The Kier molecular flexibility index (Phi) is 8.53. The number of hydrogen-bond acceptors (Lipinski definition) is 6. The number of rotatable bonds is 10. The van der Waals surface area contributed by atoms with Crippen LogP contribution in [-0.4, -0.2) is 38.8 Å². The highest BCUT2D eigenvalue weighted by atomic mass is 16.5. The van der Waals surface area contributed by atoms with Gasteiger partial charge in [-0.05, 0) is 48.7 Å². The summed E-state index contributed by atoms with van der Waals surface area (Å²) < 4.78 is 21.4. The number of amides is 1. The molecule has 1 amide bonds. The number of hydrogen-bond donors (Lipinski definition) is 1. The normalized spacial score (nSPS) is 11.5. The van der Waals surface area contributed by atoms with Crippen LogP contribution in [0.1, 0.15) is 36.7 Å². The third kappa shape index (κ3) is 6.69. The van der Waals surface area contributed by atoms with Gasteiger partial charge in [-0.25, -0.2) is 4.79 Å². The molecule has 0 saturated heterocycles. The lowest BCUT2D eigenvalue weighted by molar-refractivity contribution is -0.129. The van der Waals surface area contributed by atoms with Crippen molar-refractivity contribution in [3.8, 4) is 17.2 Å². The lowest BCUT2D eigenvalue weighted by Crippen LogP contribution is -2.35. The molecule has 7 heteroatoms. The van der Waals surface area contributed by atoms with Crippen LogP contribution in [0.25, 0.3) is 0 Å². The van der Waals surface area contributed by atoms with Gasteiger partial charge in [-0.1, -0.05) is 26.0 Å². The molecule has 30 heavy (non-hydrogen) atoms. The molecule has 0 aliphatic heterocycles. The van der Waals surface area contributed by atoms with Gasteiger partial charge in [-0.2, -0.15) is 0 Å². The third-order valence-corrected chi connectivity index (χ3v) is 4.25. The van der Waals surface area contributed by atoms with Crippen molar-refractivity contribution >= 4 is 11.9 Å². The number of methoxy groups -OCH3 is 2. The number of carbonyl (C=O) groups excluding carboxylic acids is 2. The Balaban J connectivity index is 1.92. The minimum atomic E-state index is -0.946. The van der Waals surface area contributed by atoms with Gasteiger partial charge in [0, 0.05) is 6.54 Å². The molecule has 0 aliphatic rings. The van der Waals surface area contributed by atoms with Gasteiger partial charge in [0.25, 0.3) is 5.91 Å². The van der Waals surface area contributed by atoms with E-state index < -0.39 is 12.1 Å². The van der Waals surface area contributed by atoms with Crippen molar-refractivity contribution in [2.24, 2.45) is 5.92 Å². The zero-order valence-electron chi connectivity index (χ0n) is 18.1. The van der Waals surface area contributed by atoms with Crippen molar-refractivity contribution in [2.75, 3.05) is 20.8 Å². The van der Waals surface area contributed by atoms with Crippen LogP contribution in [0.15, 0.2) is 42.5 Å². The second-order valence-corrected chi connectivity index (χ2v) is 7.18. The summed E-state index contributed by atoms with van der Waals surface area (Å²) in [6.45, 7) is 6.46. The minimum Gasteiger partial charge on any atom is -0.497 e. The molecule has 1 N–H and O–H groups in total. The van der Waals surface area contributed by atoms with E-state index >= 15 is 0 Å². The van der Waals surface area contributed by atoms with Gasteiger partial charge in [-0.15, -0.1) is 0 Å². The minimum absolute atomic E-state index is 0.276. The third-order valence-electron chi connectivity index (χ3n) is 4.25. The van der Waals surface area contributed by atoms with Crippen LogP contribution in [0.5, 0.6) is 17.2 Å². The molecule has 2 aromatic rings. The molecule has 2 aromatic carbocycles. The van der Waals surface area contributed by atoms with E-state index in [0.29, 0.717) is 30.6 Å². The van der Waals surface area contributed by atoms with Crippen molar-refractivity contribution < 1.29 is 28.5 Å². The SMILES string of the molecule is COc1ccc(CNC(=O)[C@@H](C)OC(=O)c2ccc(OCC(C)C)c(OC)c2)cc1. The van der Waals surface area contributed by atoms with E-state index in [-0.39, 0.29) is 11.5 Å². The van der Waals surface area contributed by atoms with Crippen molar-refractivity contribution in [2.45, 2.75) is 33.4 Å². The van der Waals surface area contributed by atoms with E-state index in [1.807, 2.05) is 38.1 Å². The summed E-state index contributed by atoms with van der Waals surface area (Å²) in [4.78, 5) is 24.7. The summed E-state index contributed by atoms with van der Waals surface area (Å²) in [5, 5.41) is 2.75. The molecule has 0 unspecified atom stereocenters. The van der Waals surface area contributed by atoms with Crippen LogP contribution in [0.3, 0.4) is 0 Å². The topological polar surface area (TPSA) is 83.1 Å². The lowest BCUT2D eigenvalue weighted by Gasteiger charge is -2.15. The highest BCUT2D eigenvalue weighted by molar-refractivity contribution is 5.92. The summed E-state index contributed by atoms with van der Waals surface area (Å²) in [7, 11) is 3.09. The Hall–Kier alpha value is -3.22. The average molecular weight is 415 g/mol. The maximum atomic E-state index is 12.4. The van der Waals surface area contributed by atoms with E-state index in [0.717, 1.165) is 11.3 Å². The maximum absolute atomic E-state index is 12.4. The molecule has 0 fully saturated rings. The van der Waals surface area contributed by atoms with E-state index in [1.165, 1.54) is 14.0 Å². The van der Waals surface area contributed by atoms with Crippen molar-refractivity contribution in [1.82, 2.24) is 5.32 Å². The fraction of sp³-hybridized carbons (Fsp3) is 0.391. The molecule has 162 valence electrons. The quantitative estimate of drug-likeness (QED) is 0.597. The second kappa shape index (κ2) is 11.1. The van der Waals surface area contributed by atoms with Crippen LogP contribution < -0.4 is 19.5 Å². The van der Waals surface area contributed by atoms with Gasteiger partial charge < -0.3 is 24.3 Å². The summed E-state index contributed by atoms with van der Waals surface area (Å²) in [5.41, 5.74) is 1.18. The molecule has 0 aliphatic carbocycles. The van der Waals surface area contributed by atoms with Gasteiger partial charge in [-0.3, -0.25) is 4.79 Å². The van der Waals surface area contributed by atoms with E-state index in [9.17, 15) is 9.59 Å². The van der Waals surface area contributed by atoms with Crippen LogP contribution in [0, 0.1) is 5.92 Å².